The van der Waals surface area contributed by atoms with E-state index < -0.39 is 0 Å². The van der Waals surface area contributed by atoms with Crippen molar-refractivity contribution in [2.75, 3.05) is 18.8 Å². The molecule has 32 heavy (non-hydrogen) atoms. The number of rotatable bonds is 3. The summed E-state index contributed by atoms with van der Waals surface area (Å²) >= 11 is 0. The smallest absolute Gasteiger partial charge is 0.292 e. The van der Waals surface area contributed by atoms with Crippen molar-refractivity contribution in [2.24, 2.45) is 0 Å². The Balaban J connectivity index is 1.35. The van der Waals surface area contributed by atoms with Crippen molar-refractivity contribution in [3.8, 4) is 11.3 Å². The van der Waals surface area contributed by atoms with E-state index in [4.69, 9.17) is 15.2 Å². The maximum Gasteiger partial charge on any atom is 0.292 e. The summed E-state index contributed by atoms with van der Waals surface area (Å²) in [6, 6.07) is 11.3. The van der Waals surface area contributed by atoms with E-state index in [2.05, 4.69) is 15.1 Å². The normalized spacial score (nSPS) is 16.4. The molecule has 1 atom stereocenters. The third-order valence-corrected chi connectivity index (χ3v) is 5.71. The molecule has 4 aromatic rings. The monoisotopic (exact) mass is 432 g/mol. The number of hydrogen-bond acceptors (Lipinski definition) is 7. The van der Waals surface area contributed by atoms with Crippen molar-refractivity contribution in [2.45, 2.75) is 25.7 Å². The molecule has 8 nitrogen and oxygen atoms in total. The van der Waals surface area contributed by atoms with Gasteiger partial charge < -0.3 is 15.2 Å². The summed E-state index contributed by atoms with van der Waals surface area (Å²) in [5.74, 6) is 0.663. The van der Waals surface area contributed by atoms with Gasteiger partial charge >= 0.3 is 0 Å². The fraction of sp³-hybridized carbons (Fsp3) is 0.261. The van der Waals surface area contributed by atoms with Crippen LogP contribution in [0.1, 0.15) is 40.8 Å². The van der Waals surface area contributed by atoms with Crippen LogP contribution in [0.15, 0.2) is 47.0 Å². The highest BCUT2D eigenvalue weighted by Crippen LogP contribution is 2.29. The standard InChI is InChI=1S/C23H21FN6O2/c1-13-26-21(25)17-8-9-18(28-22(17)27-13)15-3-2-10-30(12-15)23(31)20-11-19(29-32-20)14-4-6-16(24)7-5-14/h4-9,11,15H,2-3,10,12H2,1H3,(H2,25,26,27,28). The molecule has 1 amide bonds. The SMILES string of the molecule is Cc1nc(N)c2ccc(C3CCCN(C(=O)c4cc(-c5ccc(F)cc5)no4)C3)nc2n1. The molecule has 1 saturated heterocycles. The zero-order valence-corrected chi connectivity index (χ0v) is 17.5. The number of amides is 1. The van der Waals surface area contributed by atoms with Gasteiger partial charge in [-0.2, -0.15) is 0 Å². The van der Waals surface area contributed by atoms with Gasteiger partial charge in [0.15, 0.2) is 5.65 Å². The van der Waals surface area contributed by atoms with E-state index in [1.165, 1.54) is 12.1 Å². The first-order valence-corrected chi connectivity index (χ1v) is 10.4. The third-order valence-electron chi connectivity index (χ3n) is 5.71. The van der Waals surface area contributed by atoms with Crippen LogP contribution >= 0.6 is 0 Å². The predicted molar refractivity (Wildman–Crippen MR) is 116 cm³/mol. The maximum atomic E-state index is 13.2. The fourth-order valence-corrected chi connectivity index (χ4v) is 4.08. The Morgan fingerprint density at radius 2 is 1.97 bits per heavy atom. The Kier molecular flexibility index (Phi) is 5.01. The van der Waals surface area contributed by atoms with Crippen molar-refractivity contribution in [3.63, 3.8) is 0 Å². The Hall–Kier alpha value is -3.88. The van der Waals surface area contributed by atoms with Gasteiger partial charge in [-0.1, -0.05) is 5.16 Å². The van der Waals surface area contributed by atoms with E-state index >= 15 is 0 Å². The number of carbonyl (C=O) groups excluding carboxylic acids is 1. The summed E-state index contributed by atoms with van der Waals surface area (Å²) < 4.78 is 18.5. The van der Waals surface area contributed by atoms with Crippen molar-refractivity contribution in [1.29, 1.82) is 0 Å². The van der Waals surface area contributed by atoms with Crippen LogP contribution in [0.2, 0.25) is 0 Å². The second kappa shape index (κ2) is 7.99. The molecular weight excluding hydrogens is 411 g/mol. The number of aromatic nitrogens is 4. The van der Waals surface area contributed by atoms with Gasteiger partial charge in [0.2, 0.25) is 5.76 Å². The van der Waals surface area contributed by atoms with Gasteiger partial charge in [-0.15, -0.1) is 0 Å². The molecule has 5 rings (SSSR count). The van der Waals surface area contributed by atoms with Gasteiger partial charge in [0.25, 0.3) is 5.91 Å². The van der Waals surface area contributed by atoms with Crippen molar-refractivity contribution >= 4 is 22.8 Å². The highest BCUT2D eigenvalue weighted by Gasteiger charge is 2.29. The molecule has 0 aliphatic carbocycles. The molecule has 0 radical (unpaired) electrons. The highest BCUT2D eigenvalue weighted by atomic mass is 19.1. The lowest BCUT2D eigenvalue weighted by Gasteiger charge is -2.31. The molecule has 1 aliphatic rings. The minimum Gasteiger partial charge on any atom is -0.383 e. The number of likely N-dealkylation sites (tertiary alicyclic amines) is 1. The number of nitrogen functional groups attached to an aromatic ring is 1. The number of benzene rings is 1. The second-order valence-electron chi connectivity index (χ2n) is 7.94. The van der Waals surface area contributed by atoms with E-state index in [0.717, 1.165) is 23.9 Å². The van der Waals surface area contributed by atoms with Gasteiger partial charge in [-0.05, 0) is 56.2 Å². The second-order valence-corrected chi connectivity index (χ2v) is 7.94. The number of halogens is 1. The van der Waals surface area contributed by atoms with Crippen molar-refractivity contribution in [1.82, 2.24) is 25.0 Å². The molecule has 4 heterocycles. The quantitative estimate of drug-likeness (QED) is 0.525. The molecule has 2 N–H and O–H groups in total. The van der Waals surface area contributed by atoms with Crippen LogP contribution in [0.3, 0.4) is 0 Å². The van der Waals surface area contributed by atoms with Crippen LogP contribution < -0.4 is 5.73 Å². The van der Waals surface area contributed by atoms with Crippen molar-refractivity contribution in [3.05, 3.63) is 65.6 Å². The average molecular weight is 432 g/mol. The molecule has 0 saturated carbocycles. The summed E-state index contributed by atoms with van der Waals surface area (Å²) in [7, 11) is 0. The number of nitrogens with two attached hydrogens (primary N) is 1. The predicted octanol–water partition coefficient (Wildman–Crippen LogP) is 3.73. The zero-order chi connectivity index (χ0) is 22.2. The molecule has 0 spiro atoms. The van der Waals surface area contributed by atoms with Gasteiger partial charge in [-0.3, -0.25) is 4.79 Å². The van der Waals surface area contributed by atoms with E-state index in [9.17, 15) is 9.18 Å². The van der Waals surface area contributed by atoms with Crippen LogP contribution in [-0.2, 0) is 0 Å². The lowest BCUT2D eigenvalue weighted by molar-refractivity contribution is 0.0664. The minimum atomic E-state index is -0.334. The molecule has 1 aromatic carbocycles. The topological polar surface area (TPSA) is 111 Å². The Morgan fingerprint density at radius 1 is 1.16 bits per heavy atom. The summed E-state index contributed by atoms with van der Waals surface area (Å²) in [4.78, 5) is 28.1. The van der Waals surface area contributed by atoms with Gasteiger partial charge in [0.1, 0.15) is 23.2 Å². The largest absolute Gasteiger partial charge is 0.383 e. The molecule has 3 aromatic heterocycles. The van der Waals surface area contributed by atoms with Crippen LogP contribution in [0, 0.1) is 12.7 Å². The van der Waals surface area contributed by atoms with Gasteiger partial charge in [-0.25, -0.2) is 19.3 Å². The van der Waals surface area contributed by atoms with Gasteiger partial charge in [0, 0.05) is 36.3 Å². The molecule has 1 fully saturated rings. The number of pyridine rings is 1. The minimum absolute atomic E-state index is 0.0769. The molecule has 0 bridgehead atoms. The first kappa shape index (κ1) is 20.0. The average Bonchev–Trinajstić information content (AvgIpc) is 3.29. The molecular formula is C23H21FN6O2. The summed E-state index contributed by atoms with van der Waals surface area (Å²) in [5.41, 5.74) is 8.60. The number of carbonyl (C=O) groups is 1. The third kappa shape index (κ3) is 3.77. The zero-order valence-electron chi connectivity index (χ0n) is 17.5. The molecule has 1 aliphatic heterocycles. The number of nitrogens with zero attached hydrogens (tertiary/aromatic N) is 5. The van der Waals surface area contributed by atoms with E-state index in [1.807, 2.05) is 12.1 Å². The van der Waals surface area contributed by atoms with Crippen LogP contribution in [-0.4, -0.2) is 44.0 Å². The van der Waals surface area contributed by atoms with Crippen LogP contribution in [0.25, 0.3) is 22.3 Å². The number of aryl methyl sites for hydroxylation is 1. The van der Waals surface area contributed by atoms with E-state index in [1.54, 1.807) is 30.0 Å². The summed E-state index contributed by atoms with van der Waals surface area (Å²) in [6.45, 7) is 2.93. The summed E-state index contributed by atoms with van der Waals surface area (Å²) in [6.07, 6.45) is 1.76. The first-order chi connectivity index (χ1) is 15.5. The molecule has 1 unspecified atom stereocenters. The molecule has 9 heteroatoms. The summed E-state index contributed by atoms with van der Waals surface area (Å²) in [5, 5.41) is 4.70. The number of fused-ring (bicyclic) bond motifs is 1. The van der Waals surface area contributed by atoms with E-state index in [0.29, 0.717) is 41.6 Å². The van der Waals surface area contributed by atoms with Crippen LogP contribution in [0.5, 0.6) is 0 Å². The fourth-order valence-electron chi connectivity index (χ4n) is 4.08. The van der Waals surface area contributed by atoms with Crippen molar-refractivity contribution < 1.29 is 13.7 Å². The molecule has 162 valence electrons. The number of anilines is 1. The Labute approximate surface area is 183 Å². The Morgan fingerprint density at radius 3 is 2.78 bits per heavy atom. The lowest BCUT2D eigenvalue weighted by atomic mass is 9.94. The van der Waals surface area contributed by atoms with E-state index in [-0.39, 0.29) is 23.4 Å². The number of piperidine rings is 1. The maximum absolute atomic E-state index is 13.2. The highest BCUT2D eigenvalue weighted by molar-refractivity contribution is 5.92. The first-order valence-electron chi connectivity index (χ1n) is 10.4. The van der Waals surface area contributed by atoms with Crippen LogP contribution in [0.4, 0.5) is 10.2 Å². The lowest BCUT2D eigenvalue weighted by Crippen LogP contribution is -2.39. The Bertz CT molecular complexity index is 1300. The van der Waals surface area contributed by atoms with Gasteiger partial charge in [0.05, 0.1) is 5.39 Å². The number of hydrogen-bond donors (Lipinski definition) is 1.